The van der Waals surface area contributed by atoms with Crippen LogP contribution in [0.1, 0.15) is 0 Å². The summed E-state index contributed by atoms with van der Waals surface area (Å²) in [5, 5.41) is 3.17. The standard InChI is InChI=1S/C10H16F3N3O7S/c1-19-7-6(23-24(17,18)10(11,12)13)5(4-15-16-14)22-9(21-3)8(7)20-2/h5-9H,4H2,1-3H3/t5-,6-,7+,8-,9+/m1/s1. The lowest BCUT2D eigenvalue weighted by Crippen LogP contribution is -2.61. The Morgan fingerprint density at radius 2 is 1.71 bits per heavy atom. The summed E-state index contributed by atoms with van der Waals surface area (Å²) in [4.78, 5) is 2.46. The van der Waals surface area contributed by atoms with Crippen molar-refractivity contribution >= 4 is 10.1 Å². The van der Waals surface area contributed by atoms with Crippen LogP contribution in [0.15, 0.2) is 5.11 Å². The van der Waals surface area contributed by atoms with Crippen LogP contribution in [0.4, 0.5) is 13.2 Å². The summed E-state index contributed by atoms with van der Waals surface area (Å²) >= 11 is 0. The summed E-state index contributed by atoms with van der Waals surface area (Å²) in [5.74, 6) is 0. The van der Waals surface area contributed by atoms with E-state index in [4.69, 9.17) is 24.5 Å². The zero-order valence-corrected chi connectivity index (χ0v) is 13.7. The van der Waals surface area contributed by atoms with Gasteiger partial charge in [-0.1, -0.05) is 5.11 Å². The van der Waals surface area contributed by atoms with Crippen molar-refractivity contribution in [3.05, 3.63) is 10.4 Å². The fourth-order valence-corrected chi connectivity index (χ4v) is 2.80. The van der Waals surface area contributed by atoms with Crippen molar-refractivity contribution in [3.8, 4) is 0 Å². The van der Waals surface area contributed by atoms with Crippen molar-refractivity contribution in [2.45, 2.75) is 36.2 Å². The van der Waals surface area contributed by atoms with Gasteiger partial charge in [-0.25, -0.2) is 0 Å². The number of methoxy groups -OCH3 is 3. The largest absolute Gasteiger partial charge is 0.523 e. The third kappa shape index (κ3) is 4.47. The van der Waals surface area contributed by atoms with Gasteiger partial charge in [0.25, 0.3) is 0 Å². The first-order valence-electron chi connectivity index (χ1n) is 6.37. The molecule has 0 aromatic heterocycles. The lowest BCUT2D eigenvalue weighted by atomic mass is 9.98. The van der Waals surface area contributed by atoms with E-state index in [-0.39, 0.29) is 0 Å². The Balaban J connectivity index is 3.22. The van der Waals surface area contributed by atoms with Gasteiger partial charge < -0.3 is 18.9 Å². The van der Waals surface area contributed by atoms with Crippen molar-refractivity contribution in [1.82, 2.24) is 0 Å². The van der Waals surface area contributed by atoms with Gasteiger partial charge in [0.1, 0.15) is 18.3 Å². The number of halogens is 3. The van der Waals surface area contributed by atoms with E-state index in [9.17, 15) is 21.6 Å². The highest BCUT2D eigenvalue weighted by atomic mass is 32.2. The van der Waals surface area contributed by atoms with Gasteiger partial charge in [-0.2, -0.15) is 21.6 Å². The van der Waals surface area contributed by atoms with Crippen LogP contribution in [0.2, 0.25) is 0 Å². The Bertz CT molecular complexity index is 567. The minimum atomic E-state index is -5.95. The van der Waals surface area contributed by atoms with E-state index in [1.165, 1.54) is 14.2 Å². The highest BCUT2D eigenvalue weighted by Crippen LogP contribution is 2.33. The third-order valence-corrected chi connectivity index (χ3v) is 4.26. The van der Waals surface area contributed by atoms with Crippen LogP contribution in [-0.2, 0) is 33.2 Å². The van der Waals surface area contributed by atoms with Gasteiger partial charge >= 0.3 is 15.6 Å². The molecule has 0 amide bonds. The molecule has 1 aliphatic rings. The molecular weight excluding hydrogens is 363 g/mol. The molecule has 0 aromatic carbocycles. The van der Waals surface area contributed by atoms with E-state index in [1.807, 2.05) is 0 Å². The van der Waals surface area contributed by atoms with Crippen LogP contribution in [0.25, 0.3) is 10.4 Å². The smallest absolute Gasteiger partial charge is 0.376 e. The lowest BCUT2D eigenvalue weighted by Gasteiger charge is -2.43. The second kappa shape index (κ2) is 8.29. The highest BCUT2D eigenvalue weighted by molar-refractivity contribution is 7.87. The molecule has 0 aliphatic carbocycles. The van der Waals surface area contributed by atoms with E-state index < -0.39 is 52.9 Å². The molecule has 24 heavy (non-hydrogen) atoms. The number of ether oxygens (including phenoxy) is 4. The Morgan fingerprint density at radius 3 is 2.12 bits per heavy atom. The lowest BCUT2D eigenvalue weighted by molar-refractivity contribution is -0.292. The average molecular weight is 379 g/mol. The molecule has 10 nitrogen and oxygen atoms in total. The Morgan fingerprint density at radius 1 is 1.12 bits per heavy atom. The molecule has 0 bridgehead atoms. The predicted octanol–water partition coefficient (Wildman–Crippen LogP) is 0.933. The maximum absolute atomic E-state index is 12.6. The molecule has 140 valence electrons. The summed E-state index contributed by atoms with van der Waals surface area (Å²) in [6.45, 7) is -0.509. The quantitative estimate of drug-likeness (QED) is 0.211. The van der Waals surface area contributed by atoms with Crippen LogP contribution >= 0.6 is 0 Å². The van der Waals surface area contributed by atoms with E-state index in [0.717, 1.165) is 7.11 Å². The third-order valence-electron chi connectivity index (χ3n) is 3.21. The molecule has 1 fully saturated rings. The molecule has 0 N–H and O–H groups in total. The van der Waals surface area contributed by atoms with Crippen LogP contribution < -0.4 is 0 Å². The summed E-state index contributed by atoms with van der Waals surface area (Å²) in [6.07, 6.45) is -6.64. The number of hydrogen-bond acceptors (Lipinski definition) is 8. The second-order valence-electron chi connectivity index (χ2n) is 4.55. The number of alkyl halides is 3. The van der Waals surface area contributed by atoms with Crippen LogP contribution in [-0.4, -0.2) is 72.5 Å². The zero-order valence-electron chi connectivity index (χ0n) is 12.8. The summed E-state index contributed by atoms with van der Waals surface area (Å²) in [5.41, 5.74) is 2.72. The van der Waals surface area contributed by atoms with Gasteiger partial charge in [0.2, 0.25) is 0 Å². The molecule has 0 saturated carbocycles. The Hall–Kier alpha value is -1.15. The van der Waals surface area contributed by atoms with Gasteiger partial charge in [0.05, 0.1) is 12.6 Å². The van der Waals surface area contributed by atoms with Crippen molar-refractivity contribution in [1.29, 1.82) is 0 Å². The Labute approximate surface area is 135 Å². The summed E-state index contributed by atoms with van der Waals surface area (Å²) < 4.78 is 85.0. The fourth-order valence-electron chi connectivity index (χ4n) is 2.17. The highest BCUT2D eigenvalue weighted by Gasteiger charge is 2.54. The first-order chi connectivity index (χ1) is 11.1. The van der Waals surface area contributed by atoms with Crippen molar-refractivity contribution in [2.75, 3.05) is 27.9 Å². The maximum atomic E-state index is 12.6. The predicted molar refractivity (Wildman–Crippen MR) is 71.1 cm³/mol. The number of rotatable bonds is 7. The van der Waals surface area contributed by atoms with E-state index in [0.29, 0.717) is 0 Å². The summed E-state index contributed by atoms with van der Waals surface area (Å²) in [7, 11) is -2.38. The molecule has 5 atom stereocenters. The van der Waals surface area contributed by atoms with E-state index >= 15 is 0 Å². The minimum absolute atomic E-state index is 0.509. The number of azide groups is 1. The summed E-state index contributed by atoms with van der Waals surface area (Å²) in [6, 6.07) is 0. The molecule has 0 aromatic rings. The van der Waals surface area contributed by atoms with Gasteiger partial charge in [-0.15, -0.1) is 0 Å². The SMILES string of the molecule is CO[C@H]1O[C@H](CN=[N+]=[N-])[C@@H](OS(=O)(=O)C(F)(F)F)[C@H](OC)[C@H]1OC. The van der Waals surface area contributed by atoms with Gasteiger partial charge in [0, 0.05) is 26.2 Å². The monoisotopic (exact) mass is 379 g/mol. The van der Waals surface area contributed by atoms with Gasteiger partial charge in [0.15, 0.2) is 6.29 Å². The molecule has 1 heterocycles. The van der Waals surface area contributed by atoms with Crippen molar-refractivity contribution in [2.24, 2.45) is 5.11 Å². The number of nitrogens with zero attached hydrogens (tertiary/aromatic N) is 3. The molecule has 1 saturated heterocycles. The first kappa shape index (κ1) is 20.9. The maximum Gasteiger partial charge on any atom is 0.523 e. The minimum Gasteiger partial charge on any atom is -0.376 e. The van der Waals surface area contributed by atoms with Crippen LogP contribution in [0.3, 0.4) is 0 Å². The molecule has 1 rings (SSSR count). The number of hydrogen-bond donors (Lipinski definition) is 0. The zero-order chi connectivity index (χ0) is 18.5. The first-order valence-corrected chi connectivity index (χ1v) is 7.78. The van der Waals surface area contributed by atoms with Crippen molar-refractivity contribution < 1.29 is 44.7 Å². The van der Waals surface area contributed by atoms with E-state index in [1.54, 1.807) is 0 Å². The van der Waals surface area contributed by atoms with Crippen molar-refractivity contribution in [3.63, 3.8) is 0 Å². The molecule has 0 radical (unpaired) electrons. The topological polar surface area (TPSA) is 129 Å². The normalized spacial score (nSPS) is 31.5. The van der Waals surface area contributed by atoms with E-state index in [2.05, 4.69) is 14.2 Å². The Kier molecular flexibility index (Phi) is 7.22. The van der Waals surface area contributed by atoms with Crippen LogP contribution in [0.5, 0.6) is 0 Å². The molecule has 1 aliphatic heterocycles. The second-order valence-corrected chi connectivity index (χ2v) is 6.12. The molecule has 0 spiro atoms. The molecule has 14 heteroatoms. The van der Waals surface area contributed by atoms with Gasteiger partial charge in [-0.3, -0.25) is 4.18 Å². The molecule has 0 unspecified atom stereocenters. The molecular formula is C10H16F3N3O7S. The van der Waals surface area contributed by atoms with Gasteiger partial charge in [-0.05, 0) is 5.53 Å². The fraction of sp³-hybridized carbons (Fsp3) is 1.00. The average Bonchev–Trinajstić information content (AvgIpc) is 2.51. The van der Waals surface area contributed by atoms with Crippen LogP contribution in [0, 0.1) is 0 Å².